The zero-order chi connectivity index (χ0) is 20.3. The Bertz CT molecular complexity index is 1180. The van der Waals surface area contributed by atoms with Crippen LogP contribution >= 0.6 is 0 Å². The molecule has 0 fully saturated rings. The lowest BCUT2D eigenvalue weighted by atomic mass is 10.1. The predicted octanol–water partition coefficient (Wildman–Crippen LogP) is 4.19. The number of benzene rings is 3. The van der Waals surface area contributed by atoms with Crippen molar-refractivity contribution in [3.8, 4) is 47.4 Å². The first-order valence-electron chi connectivity index (χ1n) is 8.73. The van der Waals surface area contributed by atoms with E-state index in [1.807, 2.05) is 60.7 Å². The summed E-state index contributed by atoms with van der Waals surface area (Å²) < 4.78 is 0. The van der Waals surface area contributed by atoms with Crippen molar-refractivity contribution in [1.82, 2.24) is 0 Å². The Balaban J connectivity index is 1.84. The number of carboxylic acid groups (broad SMARTS) is 1. The van der Waals surface area contributed by atoms with Gasteiger partial charge < -0.3 is 5.11 Å². The van der Waals surface area contributed by atoms with Crippen molar-refractivity contribution in [2.24, 2.45) is 0 Å². The molecule has 0 aromatic heterocycles. The Labute approximate surface area is 170 Å². The van der Waals surface area contributed by atoms with E-state index in [4.69, 9.17) is 0 Å². The fraction of sp³-hybridized carbons (Fsp3) is 0. The van der Waals surface area contributed by atoms with Crippen LogP contribution in [0.4, 0.5) is 0 Å². The molecule has 134 valence electrons. The minimum Gasteiger partial charge on any atom is -0.478 e. The summed E-state index contributed by atoms with van der Waals surface area (Å²) in [5.74, 6) is 21.6. The molecule has 3 aromatic carbocycles. The maximum absolute atomic E-state index is 11.4. The first kappa shape index (κ1) is 19.1. The normalized spacial score (nSPS) is 8.55. The molecule has 0 amide bonds. The molecule has 0 radical (unpaired) electrons. The maximum atomic E-state index is 11.4. The number of carbonyl (C=O) groups is 1. The topological polar surface area (TPSA) is 37.3 Å². The summed E-state index contributed by atoms with van der Waals surface area (Å²) >= 11 is 0. The van der Waals surface area contributed by atoms with Gasteiger partial charge in [0.1, 0.15) is 0 Å². The zero-order valence-corrected chi connectivity index (χ0v) is 15.4. The van der Waals surface area contributed by atoms with Crippen LogP contribution in [-0.4, -0.2) is 11.1 Å². The summed E-state index contributed by atoms with van der Waals surface area (Å²) in [6.45, 7) is 0. The smallest absolute Gasteiger partial charge is 0.335 e. The minimum absolute atomic E-state index is 0.119. The quantitative estimate of drug-likeness (QED) is 0.652. The van der Waals surface area contributed by atoms with E-state index < -0.39 is 5.97 Å². The van der Waals surface area contributed by atoms with Crippen molar-refractivity contribution >= 4 is 5.97 Å². The number of rotatable bonds is 1. The van der Waals surface area contributed by atoms with Crippen LogP contribution in [0.2, 0.25) is 0 Å². The van der Waals surface area contributed by atoms with Crippen LogP contribution in [0, 0.1) is 47.4 Å². The predicted molar refractivity (Wildman–Crippen MR) is 114 cm³/mol. The lowest BCUT2D eigenvalue weighted by Crippen LogP contribution is -1.97. The Hall–Kier alpha value is -4.63. The van der Waals surface area contributed by atoms with E-state index in [9.17, 15) is 9.90 Å². The Morgan fingerprint density at radius 1 is 0.552 bits per heavy atom. The van der Waals surface area contributed by atoms with Gasteiger partial charge in [0, 0.05) is 22.3 Å². The third kappa shape index (κ3) is 6.24. The van der Waals surface area contributed by atoms with Gasteiger partial charge in [0.05, 0.1) is 5.56 Å². The fourth-order valence-electron chi connectivity index (χ4n) is 2.35. The standard InChI is InChI=1S/C27H14O2/c28-27(29)26-20-24(17-9-7-15-22-11-3-1-4-12-22)19-25(21-26)18-10-8-16-23-13-5-2-6-14-23/h1-6,11-14,19-21H,(H,28,29). The Morgan fingerprint density at radius 3 is 1.31 bits per heavy atom. The second-order valence-corrected chi connectivity index (χ2v) is 5.84. The van der Waals surface area contributed by atoms with Gasteiger partial charge in [-0.15, -0.1) is 0 Å². The van der Waals surface area contributed by atoms with Gasteiger partial charge in [-0.25, -0.2) is 4.79 Å². The highest BCUT2D eigenvalue weighted by molar-refractivity contribution is 5.88. The monoisotopic (exact) mass is 370 g/mol. The molecule has 0 heterocycles. The molecular formula is C27H14O2. The summed E-state index contributed by atoms with van der Waals surface area (Å²) in [4.78, 5) is 11.4. The van der Waals surface area contributed by atoms with Crippen LogP contribution in [0.25, 0.3) is 0 Å². The van der Waals surface area contributed by atoms with E-state index in [0.29, 0.717) is 11.1 Å². The van der Waals surface area contributed by atoms with E-state index in [0.717, 1.165) is 11.1 Å². The van der Waals surface area contributed by atoms with Crippen LogP contribution in [0.1, 0.15) is 32.6 Å². The average molecular weight is 370 g/mol. The van der Waals surface area contributed by atoms with Crippen LogP contribution in [0.5, 0.6) is 0 Å². The molecule has 29 heavy (non-hydrogen) atoms. The van der Waals surface area contributed by atoms with Crippen molar-refractivity contribution in [3.63, 3.8) is 0 Å². The van der Waals surface area contributed by atoms with Crippen LogP contribution in [0.15, 0.2) is 78.9 Å². The molecule has 3 aromatic rings. The molecule has 0 atom stereocenters. The molecule has 3 rings (SSSR count). The molecule has 0 aliphatic carbocycles. The number of aromatic carboxylic acids is 1. The first-order chi connectivity index (χ1) is 14.2. The summed E-state index contributed by atoms with van der Waals surface area (Å²) in [7, 11) is 0. The number of hydrogen-bond donors (Lipinski definition) is 1. The molecule has 0 aliphatic heterocycles. The highest BCUT2D eigenvalue weighted by atomic mass is 16.4. The SMILES string of the molecule is O=C(O)c1cc(C#CC#Cc2ccccc2)cc(C#CC#Cc2ccccc2)c1. The minimum atomic E-state index is -1.04. The van der Waals surface area contributed by atoms with Gasteiger partial charge >= 0.3 is 5.97 Å². The lowest BCUT2D eigenvalue weighted by Gasteiger charge is -1.98. The van der Waals surface area contributed by atoms with Crippen LogP contribution in [-0.2, 0) is 0 Å². The van der Waals surface area contributed by atoms with Crippen LogP contribution in [0.3, 0.4) is 0 Å². The molecule has 0 spiro atoms. The number of hydrogen-bond acceptors (Lipinski definition) is 1. The van der Waals surface area contributed by atoms with E-state index in [-0.39, 0.29) is 5.56 Å². The van der Waals surface area contributed by atoms with E-state index in [1.54, 1.807) is 6.07 Å². The van der Waals surface area contributed by atoms with Gasteiger partial charge in [-0.1, -0.05) is 60.1 Å². The molecule has 0 bridgehead atoms. The fourth-order valence-corrected chi connectivity index (χ4v) is 2.35. The maximum Gasteiger partial charge on any atom is 0.335 e. The Kier molecular flexibility index (Phi) is 6.53. The molecule has 0 aliphatic rings. The van der Waals surface area contributed by atoms with Gasteiger partial charge in [0.15, 0.2) is 0 Å². The lowest BCUT2D eigenvalue weighted by molar-refractivity contribution is 0.0697. The summed E-state index contributed by atoms with van der Waals surface area (Å²) in [6.07, 6.45) is 0. The van der Waals surface area contributed by atoms with Crippen molar-refractivity contribution < 1.29 is 9.90 Å². The summed E-state index contributed by atoms with van der Waals surface area (Å²) in [6, 6.07) is 23.7. The van der Waals surface area contributed by atoms with Gasteiger partial charge in [-0.05, 0) is 66.1 Å². The molecule has 0 saturated carbocycles. The number of carboxylic acids is 1. The third-order valence-corrected chi connectivity index (χ3v) is 3.68. The van der Waals surface area contributed by atoms with Crippen molar-refractivity contribution in [2.75, 3.05) is 0 Å². The molecule has 1 N–H and O–H groups in total. The van der Waals surface area contributed by atoms with E-state index >= 15 is 0 Å². The van der Waals surface area contributed by atoms with Crippen molar-refractivity contribution in [1.29, 1.82) is 0 Å². The highest BCUT2D eigenvalue weighted by Gasteiger charge is 2.05. The molecule has 0 unspecified atom stereocenters. The van der Waals surface area contributed by atoms with E-state index in [2.05, 4.69) is 47.4 Å². The van der Waals surface area contributed by atoms with Crippen molar-refractivity contribution in [2.45, 2.75) is 0 Å². The first-order valence-corrected chi connectivity index (χ1v) is 8.73. The second-order valence-electron chi connectivity index (χ2n) is 5.84. The van der Waals surface area contributed by atoms with Gasteiger partial charge in [-0.2, -0.15) is 0 Å². The zero-order valence-electron chi connectivity index (χ0n) is 15.4. The second kappa shape index (κ2) is 9.90. The van der Waals surface area contributed by atoms with Crippen molar-refractivity contribution in [3.05, 3.63) is 107 Å². The largest absolute Gasteiger partial charge is 0.478 e. The molecule has 2 nitrogen and oxygen atoms in total. The highest BCUT2D eigenvalue weighted by Crippen LogP contribution is 2.09. The molecule has 0 saturated heterocycles. The molecular weight excluding hydrogens is 356 g/mol. The summed E-state index contributed by atoms with van der Waals surface area (Å²) in [5.41, 5.74) is 2.92. The Morgan fingerprint density at radius 2 is 0.931 bits per heavy atom. The van der Waals surface area contributed by atoms with Gasteiger partial charge in [0.2, 0.25) is 0 Å². The van der Waals surface area contributed by atoms with E-state index in [1.165, 1.54) is 12.1 Å². The van der Waals surface area contributed by atoms with Crippen LogP contribution < -0.4 is 0 Å². The average Bonchev–Trinajstić information content (AvgIpc) is 2.76. The third-order valence-electron chi connectivity index (χ3n) is 3.68. The van der Waals surface area contributed by atoms with Gasteiger partial charge in [0.25, 0.3) is 0 Å². The summed E-state index contributed by atoms with van der Waals surface area (Å²) in [5, 5.41) is 9.32. The van der Waals surface area contributed by atoms with Gasteiger partial charge in [-0.3, -0.25) is 0 Å². The molecule has 2 heteroatoms.